The molecule has 62 valence electrons. The summed E-state index contributed by atoms with van der Waals surface area (Å²) in [5.74, 6) is -0.0266. The first-order valence-electron chi connectivity index (χ1n) is 4.13. The topological polar surface area (TPSA) is 29.5 Å². The van der Waals surface area contributed by atoms with E-state index in [0.717, 1.165) is 32.4 Å². The van der Waals surface area contributed by atoms with Crippen LogP contribution in [0.1, 0.15) is 19.3 Å². The molecule has 3 nitrogen and oxygen atoms in total. The van der Waals surface area contributed by atoms with E-state index in [0.29, 0.717) is 0 Å². The maximum Gasteiger partial charge on any atom is 0.326 e. The van der Waals surface area contributed by atoms with Crippen LogP contribution < -0.4 is 0 Å². The Hall–Kier alpha value is -0.570. The van der Waals surface area contributed by atoms with Crippen molar-refractivity contribution in [1.82, 2.24) is 4.90 Å². The van der Waals surface area contributed by atoms with Gasteiger partial charge in [0.25, 0.3) is 0 Å². The Morgan fingerprint density at radius 3 is 2.73 bits per heavy atom. The maximum absolute atomic E-state index is 11.3. The number of hydrogen-bond acceptors (Lipinski definition) is 3. The van der Waals surface area contributed by atoms with Gasteiger partial charge < -0.3 is 4.74 Å². The summed E-state index contributed by atoms with van der Waals surface area (Å²) in [4.78, 5) is 13.6. The quantitative estimate of drug-likeness (QED) is 0.513. The van der Waals surface area contributed by atoms with Crippen LogP contribution in [0.2, 0.25) is 0 Å². The minimum absolute atomic E-state index is 0.0266. The molecule has 3 heteroatoms. The number of fused-ring (bicyclic) bond motifs is 1. The molecule has 2 heterocycles. The summed E-state index contributed by atoms with van der Waals surface area (Å²) in [6, 6.07) is 0. The zero-order chi connectivity index (χ0) is 7.90. The molecular formula is C8H13NO2. The van der Waals surface area contributed by atoms with Crippen molar-refractivity contribution in [3.63, 3.8) is 0 Å². The molecule has 2 aliphatic rings. The van der Waals surface area contributed by atoms with Gasteiger partial charge in [0.15, 0.2) is 0 Å². The van der Waals surface area contributed by atoms with Gasteiger partial charge in [-0.25, -0.2) is 0 Å². The third-order valence-corrected chi connectivity index (χ3v) is 2.98. The van der Waals surface area contributed by atoms with Crippen molar-refractivity contribution in [2.45, 2.75) is 24.8 Å². The number of carbonyl (C=O) groups is 1. The van der Waals surface area contributed by atoms with E-state index in [-0.39, 0.29) is 11.5 Å². The Labute approximate surface area is 66.3 Å². The van der Waals surface area contributed by atoms with E-state index in [1.54, 1.807) is 0 Å². The molecule has 0 aromatic carbocycles. The minimum atomic E-state index is -0.186. The zero-order valence-electron chi connectivity index (χ0n) is 6.80. The van der Waals surface area contributed by atoms with Crippen LogP contribution >= 0.6 is 0 Å². The standard InChI is InChI=1S/C8H13NO2/c1-11-7(10)8-3-2-5-9(8)6-4-8/h2-6H2,1H3. The van der Waals surface area contributed by atoms with Gasteiger partial charge in [-0.3, -0.25) is 9.69 Å². The Morgan fingerprint density at radius 2 is 2.27 bits per heavy atom. The maximum atomic E-state index is 11.3. The lowest BCUT2D eigenvalue weighted by Gasteiger charge is -2.45. The molecule has 1 atom stereocenters. The normalized spacial score (nSPS) is 36.1. The van der Waals surface area contributed by atoms with Crippen LogP contribution in [0, 0.1) is 0 Å². The Kier molecular flexibility index (Phi) is 1.42. The van der Waals surface area contributed by atoms with Crippen molar-refractivity contribution in [3.05, 3.63) is 0 Å². The first kappa shape index (κ1) is 7.10. The molecule has 11 heavy (non-hydrogen) atoms. The molecule has 2 rings (SSSR count). The Bertz CT molecular complexity index is 193. The summed E-state index contributed by atoms with van der Waals surface area (Å²) in [5.41, 5.74) is -0.186. The zero-order valence-corrected chi connectivity index (χ0v) is 6.80. The monoisotopic (exact) mass is 155 g/mol. The van der Waals surface area contributed by atoms with Crippen LogP contribution in [0.3, 0.4) is 0 Å². The number of hydrogen-bond donors (Lipinski definition) is 0. The molecule has 0 aromatic rings. The lowest BCUT2D eigenvalue weighted by Crippen LogP contribution is -2.61. The molecule has 0 saturated carbocycles. The first-order chi connectivity index (χ1) is 5.29. The van der Waals surface area contributed by atoms with Gasteiger partial charge in [0.05, 0.1) is 7.11 Å². The number of rotatable bonds is 1. The number of nitrogens with zero attached hydrogens (tertiary/aromatic N) is 1. The SMILES string of the molecule is COC(=O)C12CCCN1CC2. The van der Waals surface area contributed by atoms with Crippen LogP contribution in [0.25, 0.3) is 0 Å². The Balaban J connectivity index is 2.15. The predicted octanol–water partition coefficient (Wildman–Crippen LogP) is 0.398. The van der Waals surface area contributed by atoms with E-state index in [4.69, 9.17) is 4.74 Å². The van der Waals surface area contributed by atoms with E-state index >= 15 is 0 Å². The molecular weight excluding hydrogens is 142 g/mol. The fraction of sp³-hybridized carbons (Fsp3) is 0.875. The van der Waals surface area contributed by atoms with Gasteiger partial charge >= 0.3 is 5.97 Å². The Morgan fingerprint density at radius 1 is 1.45 bits per heavy atom. The van der Waals surface area contributed by atoms with Crippen molar-refractivity contribution in [1.29, 1.82) is 0 Å². The summed E-state index contributed by atoms with van der Waals surface area (Å²) in [7, 11) is 1.48. The lowest BCUT2D eigenvalue weighted by atomic mass is 9.85. The summed E-state index contributed by atoms with van der Waals surface area (Å²) >= 11 is 0. The van der Waals surface area contributed by atoms with Gasteiger partial charge in [0, 0.05) is 6.54 Å². The summed E-state index contributed by atoms with van der Waals surface area (Å²) in [5, 5.41) is 0. The largest absolute Gasteiger partial charge is 0.468 e. The highest BCUT2D eigenvalue weighted by atomic mass is 16.5. The molecule has 1 unspecified atom stereocenters. The molecule has 0 radical (unpaired) electrons. The van der Waals surface area contributed by atoms with Gasteiger partial charge in [-0.1, -0.05) is 0 Å². The average molecular weight is 155 g/mol. The van der Waals surface area contributed by atoms with E-state index < -0.39 is 0 Å². The molecule has 0 N–H and O–H groups in total. The first-order valence-corrected chi connectivity index (χ1v) is 4.13. The minimum Gasteiger partial charge on any atom is -0.468 e. The highest BCUT2D eigenvalue weighted by Crippen LogP contribution is 2.41. The predicted molar refractivity (Wildman–Crippen MR) is 40.2 cm³/mol. The molecule has 0 amide bonds. The van der Waals surface area contributed by atoms with E-state index in [1.807, 2.05) is 0 Å². The fourth-order valence-corrected chi connectivity index (χ4v) is 2.23. The second kappa shape index (κ2) is 2.21. The highest BCUT2D eigenvalue weighted by Gasteiger charge is 2.54. The fourth-order valence-electron chi connectivity index (χ4n) is 2.23. The summed E-state index contributed by atoms with van der Waals surface area (Å²) < 4.78 is 4.78. The number of ether oxygens (including phenoxy) is 1. The number of carbonyl (C=O) groups excluding carboxylic acids is 1. The summed E-state index contributed by atoms with van der Waals surface area (Å²) in [6.07, 6.45) is 3.15. The second-order valence-corrected chi connectivity index (χ2v) is 3.36. The molecule has 0 aliphatic carbocycles. The van der Waals surface area contributed by atoms with Gasteiger partial charge in [-0.05, 0) is 25.8 Å². The molecule has 2 saturated heterocycles. The van der Waals surface area contributed by atoms with Crippen molar-refractivity contribution in [2.24, 2.45) is 0 Å². The van der Waals surface area contributed by atoms with Crippen LogP contribution in [0.15, 0.2) is 0 Å². The van der Waals surface area contributed by atoms with E-state index in [9.17, 15) is 4.79 Å². The van der Waals surface area contributed by atoms with Crippen LogP contribution in [-0.2, 0) is 9.53 Å². The van der Waals surface area contributed by atoms with Crippen molar-refractivity contribution < 1.29 is 9.53 Å². The summed E-state index contributed by atoms with van der Waals surface area (Å²) in [6.45, 7) is 2.16. The number of esters is 1. The molecule has 0 bridgehead atoms. The smallest absolute Gasteiger partial charge is 0.326 e. The van der Waals surface area contributed by atoms with Crippen LogP contribution in [-0.4, -0.2) is 36.6 Å². The van der Waals surface area contributed by atoms with Crippen molar-refractivity contribution in [3.8, 4) is 0 Å². The molecule has 2 fully saturated rings. The molecule has 2 aliphatic heterocycles. The van der Waals surface area contributed by atoms with Gasteiger partial charge in [-0.15, -0.1) is 0 Å². The van der Waals surface area contributed by atoms with Crippen molar-refractivity contribution >= 4 is 5.97 Å². The van der Waals surface area contributed by atoms with E-state index in [2.05, 4.69) is 4.90 Å². The third-order valence-electron chi connectivity index (χ3n) is 2.98. The average Bonchev–Trinajstić information content (AvgIpc) is 2.27. The van der Waals surface area contributed by atoms with Crippen LogP contribution in [0.5, 0.6) is 0 Å². The molecule has 0 spiro atoms. The lowest BCUT2D eigenvalue weighted by molar-refractivity contribution is -0.161. The van der Waals surface area contributed by atoms with Crippen LogP contribution in [0.4, 0.5) is 0 Å². The third kappa shape index (κ3) is 0.745. The van der Waals surface area contributed by atoms with Gasteiger partial charge in [-0.2, -0.15) is 0 Å². The number of methoxy groups -OCH3 is 1. The van der Waals surface area contributed by atoms with E-state index in [1.165, 1.54) is 7.11 Å². The second-order valence-electron chi connectivity index (χ2n) is 3.36. The molecule has 0 aromatic heterocycles. The van der Waals surface area contributed by atoms with Gasteiger partial charge in [0.1, 0.15) is 5.54 Å². The van der Waals surface area contributed by atoms with Gasteiger partial charge in [0.2, 0.25) is 0 Å². The van der Waals surface area contributed by atoms with Crippen molar-refractivity contribution in [2.75, 3.05) is 20.2 Å². The highest BCUT2D eigenvalue weighted by molar-refractivity contribution is 5.82.